The predicted molar refractivity (Wildman–Crippen MR) is 109 cm³/mol. The van der Waals surface area contributed by atoms with Crippen LogP contribution in [0.1, 0.15) is 5.56 Å². The first-order chi connectivity index (χ1) is 14.6. The maximum atomic E-state index is 11.2. The van der Waals surface area contributed by atoms with E-state index in [0.29, 0.717) is 45.0 Å². The van der Waals surface area contributed by atoms with Gasteiger partial charge in [0.1, 0.15) is 17.9 Å². The van der Waals surface area contributed by atoms with Gasteiger partial charge in [-0.05, 0) is 24.3 Å². The van der Waals surface area contributed by atoms with Gasteiger partial charge >= 0.3 is 0 Å². The van der Waals surface area contributed by atoms with Gasteiger partial charge in [-0.2, -0.15) is 5.26 Å². The predicted octanol–water partition coefficient (Wildman–Crippen LogP) is 3.88. The van der Waals surface area contributed by atoms with E-state index < -0.39 is 4.92 Å². The number of nitro groups is 1. The summed E-state index contributed by atoms with van der Waals surface area (Å²) in [6.45, 7) is 0. The fraction of sp³-hybridized carbons (Fsp3) is 0.0952. The number of fused-ring (bicyclic) bond motifs is 1. The van der Waals surface area contributed by atoms with Gasteiger partial charge in [-0.1, -0.05) is 6.07 Å². The van der Waals surface area contributed by atoms with Gasteiger partial charge in [0.2, 0.25) is 0 Å². The molecule has 0 aliphatic heterocycles. The highest BCUT2D eigenvalue weighted by Crippen LogP contribution is 2.36. The average Bonchev–Trinajstić information content (AvgIpc) is 3.17. The van der Waals surface area contributed by atoms with Crippen LogP contribution >= 0.6 is 0 Å². The molecule has 0 fully saturated rings. The number of nitro benzene ring substituents is 1. The van der Waals surface area contributed by atoms with Crippen molar-refractivity contribution in [3.63, 3.8) is 0 Å². The lowest BCUT2D eigenvalue weighted by Crippen LogP contribution is -1.98. The SMILES string of the molecule is COc1ccc(-c2ncnc3c(C#N)cn(-c4cccc([N+](=O)[O-])c4)c23)cc1OC. The number of non-ortho nitro benzene ring substituents is 1. The van der Waals surface area contributed by atoms with E-state index in [2.05, 4.69) is 16.0 Å². The Kier molecular flexibility index (Phi) is 4.74. The third kappa shape index (κ3) is 3.06. The fourth-order valence-corrected chi connectivity index (χ4v) is 3.30. The molecule has 4 rings (SSSR count). The summed E-state index contributed by atoms with van der Waals surface area (Å²) < 4.78 is 12.4. The lowest BCUT2D eigenvalue weighted by molar-refractivity contribution is -0.384. The zero-order valence-corrected chi connectivity index (χ0v) is 16.1. The van der Waals surface area contributed by atoms with Crippen molar-refractivity contribution in [1.82, 2.24) is 14.5 Å². The second-order valence-electron chi connectivity index (χ2n) is 6.29. The summed E-state index contributed by atoms with van der Waals surface area (Å²) in [5.74, 6) is 1.09. The summed E-state index contributed by atoms with van der Waals surface area (Å²) in [7, 11) is 3.09. The van der Waals surface area contributed by atoms with Crippen molar-refractivity contribution in [2.45, 2.75) is 0 Å². The average molecular weight is 401 g/mol. The Bertz CT molecular complexity index is 1320. The quantitative estimate of drug-likeness (QED) is 0.368. The normalized spacial score (nSPS) is 10.6. The third-order valence-corrected chi connectivity index (χ3v) is 4.67. The van der Waals surface area contributed by atoms with Crippen molar-refractivity contribution in [2.75, 3.05) is 14.2 Å². The zero-order chi connectivity index (χ0) is 21.3. The van der Waals surface area contributed by atoms with Crippen LogP contribution in [0.4, 0.5) is 5.69 Å². The standard InChI is InChI=1S/C21H15N5O4/c1-29-17-7-6-13(8-18(17)30-2)19-21-20(24-12-23-19)14(10-22)11-25(21)15-4-3-5-16(9-15)26(27)28/h3-9,11-12H,1-2H3. The van der Waals surface area contributed by atoms with Crippen LogP contribution in [0.5, 0.6) is 11.5 Å². The minimum atomic E-state index is -0.466. The summed E-state index contributed by atoms with van der Waals surface area (Å²) in [5, 5.41) is 20.8. The van der Waals surface area contributed by atoms with E-state index in [1.54, 1.807) is 42.1 Å². The van der Waals surface area contributed by atoms with E-state index in [4.69, 9.17) is 9.47 Å². The molecular formula is C21H15N5O4. The Balaban J connectivity index is 2.02. The molecule has 30 heavy (non-hydrogen) atoms. The molecule has 0 atom stereocenters. The van der Waals surface area contributed by atoms with E-state index in [1.165, 1.54) is 25.6 Å². The molecule has 148 valence electrons. The Hall–Kier alpha value is -4.45. The number of nitrogens with zero attached hydrogens (tertiary/aromatic N) is 5. The van der Waals surface area contributed by atoms with Crippen molar-refractivity contribution in [3.05, 3.63) is 70.7 Å². The monoisotopic (exact) mass is 401 g/mol. The molecule has 0 radical (unpaired) electrons. The Morgan fingerprint density at radius 2 is 1.90 bits per heavy atom. The van der Waals surface area contributed by atoms with Crippen molar-refractivity contribution in [1.29, 1.82) is 5.26 Å². The minimum Gasteiger partial charge on any atom is -0.493 e. The van der Waals surface area contributed by atoms with Crippen molar-refractivity contribution < 1.29 is 14.4 Å². The molecule has 0 saturated heterocycles. The van der Waals surface area contributed by atoms with Crippen LogP contribution in [0.15, 0.2) is 55.0 Å². The van der Waals surface area contributed by atoms with Crippen molar-refractivity contribution >= 4 is 16.7 Å². The molecule has 0 spiro atoms. The van der Waals surface area contributed by atoms with Crippen LogP contribution in [0.25, 0.3) is 28.0 Å². The first-order valence-corrected chi connectivity index (χ1v) is 8.80. The highest BCUT2D eigenvalue weighted by atomic mass is 16.6. The molecule has 0 saturated carbocycles. The first kappa shape index (κ1) is 18.9. The molecule has 2 aromatic carbocycles. The number of nitriles is 1. The van der Waals surface area contributed by atoms with Gasteiger partial charge in [-0.25, -0.2) is 9.97 Å². The Morgan fingerprint density at radius 1 is 1.10 bits per heavy atom. The van der Waals surface area contributed by atoms with Crippen LogP contribution in [-0.4, -0.2) is 33.7 Å². The minimum absolute atomic E-state index is 0.0580. The summed E-state index contributed by atoms with van der Waals surface area (Å²) in [4.78, 5) is 19.5. The van der Waals surface area contributed by atoms with Crippen LogP contribution in [0, 0.1) is 21.4 Å². The number of ether oxygens (including phenoxy) is 2. The van der Waals surface area contributed by atoms with Crippen molar-refractivity contribution in [2.24, 2.45) is 0 Å². The van der Waals surface area contributed by atoms with Gasteiger partial charge in [0.05, 0.1) is 41.6 Å². The van der Waals surface area contributed by atoms with Gasteiger partial charge in [0.15, 0.2) is 11.5 Å². The highest BCUT2D eigenvalue weighted by molar-refractivity contribution is 5.95. The van der Waals surface area contributed by atoms with E-state index in [0.717, 1.165) is 0 Å². The summed E-state index contributed by atoms with van der Waals surface area (Å²) >= 11 is 0. The molecule has 0 aliphatic carbocycles. The van der Waals surface area contributed by atoms with E-state index >= 15 is 0 Å². The summed E-state index contributed by atoms with van der Waals surface area (Å²) in [6.07, 6.45) is 2.98. The molecule has 0 amide bonds. The zero-order valence-electron chi connectivity index (χ0n) is 16.1. The van der Waals surface area contributed by atoms with Crippen LogP contribution in [0.2, 0.25) is 0 Å². The maximum absolute atomic E-state index is 11.2. The molecule has 4 aromatic rings. The maximum Gasteiger partial charge on any atom is 0.271 e. The smallest absolute Gasteiger partial charge is 0.271 e. The lowest BCUT2D eigenvalue weighted by atomic mass is 10.1. The number of hydrogen-bond donors (Lipinski definition) is 0. The Labute approximate surface area is 170 Å². The largest absolute Gasteiger partial charge is 0.493 e. The molecule has 0 aliphatic rings. The van der Waals surface area contributed by atoms with E-state index in [-0.39, 0.29) is 5.69 Å². The van der Waals surface area contributed by atoms with Crippen LogP contribution in [0.3, 0.4) is 0 Å². The number of hydrogen-bond acceptors (Lipinski definition) is 7. The van der Waals surface area contributed by atoms with E-state index in [9.17, 15) is 15.4 Å². The second kappa shape index (κ2) is 7.52. The molecular weight excluding hydrogens is 386 g/mol. The molecule has 2 aromatic heterocycles. The van der Waals surface area contributed by atoms with Crippen molar-refractivity contribution in [3.8, 4) is 34.5 Å². The number of rotatable bonds is 5. The van der Waals surface area contributed by atoms with Gasteiger partial charge in [0, 0.05) is 23.9 Å². The van der Waals surface area contributed by atoms with Crippen LogP contribution < -0.4 is 9.47 Å². The van der Waals surface area contributed by atoms with Gasteiger partial charge in [-0.3, -0.25) is 10.1 Å². The molecule has 0 unspecified atom stereocenters. The lowest BCUT2D eigenvalue weighted by Gasteiger charge is -2.12. The second-order valence-corrected chi connectivity index (χ2v) is 6.29. The summed E-state index contributed by atoms with van der Waals surface area (Å²) in [5.41, 5.74) is 3.07. The van der Waals surface area contributed by atoms with Gasteiger partial charge in [-0.15, -0.1) is 0 Å². The number of methoxy groups -OCH3 is 2. The molecule has 9 heteroatoms. The fourth-order valence-electron chi connectivity index (χ4n) is 3.30. The molecule has 2 heterocycles. The van der Waals surface area contributed by atoms with Gasteiger partial charge in [0.25, 0.3) is 5.69 Å². The topological polar surface area (TPSA) is 116 Å². The van der Waals surface area contributed by atoms with Crippen LogP contribution in [-0.2, 0) is 0 Å². The first-order valence-electron chi connectivity index (χ1n) is 8.80. The summed E-state index contributed by atoms with van der Waals surface area (Å²) in [6, 6.07) is 13.6. The Morgan fingerprint density at radius 3 is 2.60 bits per heavy atom. The van der Waals surface area contributed by atoms with Gasteiger partial charge < -0.3 is 14.0 Å². The highest BCUT2D eigenvalue weighted by Gasteiger charge is 2.19. The molecule has 9 nitrogen and oxygen atoms in total. The number of benzene rings is 2. The molecule has 0 bridgehead atoms. The third-order valence-electron chi connectivity index (χ3n) is 4.67. The van der Waals surface area contributed by atoms with E-state index in [1.807, 2.05) is 6.07 Å². The molecule has 0 N–H and O–H groups in total. The number of aromatic nitrogens is 3.